The molecule has 2 rings (SSSR count). The molecule has 3 heteroatoms. The third-order valence-electron chi connectivity index (χ3n) is 3.16. The van der Waals surface area contributed by atoms with E-state index in [1.165, 1.54) is 25.0 Å². The van der Waals surface area contributed by atoms with Crippen LogP contribution in [-0.4, -0.2) is 12.1 Å². The molecule has 1 atom stereocenters. The first kappa shape index (κ1) is 11.4. The largest absolute Gasteiger partial charge is 0.379 e. The lowest BCUT2D eigenvalue weighted by Crippen LogP contribution is -2.43. The van der Waals surface area contributed by atoms with Gasteiger partial charge in [-0.1, -0.05) is 18.9 Å². The molecule has 0 spiro atoms. The van der Waals surface area contributed by atoms with E-state index in [1.54, 1.807) is 6.07 Å². The van der Waals surface area contributed by atoms with Gasteiger partial charge in [-0.15, -0.1) is 0 Å². The van der Waals surface area contributed by atoms with Crippen LogP contribution in [0.5, 0.6) is 0 Å². The molecule has 16 heavy (non-hydrogen) atoms. The number of nitrogens with one attached hydrogen (secondary N) is 1. The Kier molecular flexibility index (Phi) is 3.15. The SMILES string of the molecule is CC(CN)(CC1CC1)Nc1cccc(F)c1. The van der Waals surface area contributed by atoms with Gasteiger partial charge in [-0.2, -0.15) is 0 Å². The molecule has 0 amide bonds. The van der Waals surface area contributed by atoms with Crippen molar-refractivity contribution in [3.63, 3.8) is 0 Å². The maximum atomic E-state index is 13.0. The summed E-state index contributed by atoms with van der Waals surface area (Å²) in [6.07, 6.45) is 3.68. The fourth-order valence-corrected chi connectivity index (χ4v) is 2.06. The summed E-state index contributed by atoms with van der Waals surface area (Å²) in [5.74, 6) is 0.588. The van der Waals surface area contributed by atoms with Crippen molar-refractivity contribution in [1.29, 1.82) is 0 Å². The van der Waals surface area contributed by atoms with Gasteiger partial charge < -0.3 is 11.1 Å². The van der Waals surface area contributed by atoms with E-state index in [0.717, 1.165) is 18.0 Å². The number of benzene rings is 1. The van der Waals surface area contributed by atoms with Crippen LogP contribution in [0.25, 0.3) is 0 Å². The van der Waals surface area contributed by atoms with Gasteiger partial charge >= 0.3 is 0 Å². The minimum Gasteiger partial charge on any atom is -0.379 e. The Balaban J connectivity index is 2.04. The zero-order valence-electron chi connectivity index (χ0n) is 9.67. The van der Waals surface area contributed by atoms with Crippen LogP contribution in [-0.2, 0) is 0 Å². The lowest BCUT2D eigenvalue weighted by molar-refractivity contribution is 0.453. The van der Waals surface area contributed by atoms with E-state index < -0.39 is 0 Å². The number of hydrogen-bond donors (Lipinski definition) is 2. The molecular formula is C13H19FN2. The second-order valence-electron chi connectivity index (χ2n) is 5.05. The summed E-state index contributed by atoms with van der Waals surface area (Å²) in [4.78, 5) is 0. The Morgan fingerprint density at radius 1 is 1.50 bits per heavy atom. The van der Waals surface area contributed by atoms with Crippen LogP contribution in [0.15, 0.2) is 24.3 Å². The molecule has 0 saturated heterocycles. The standard InChI is InChI=1S/C13H19FN2/c1-13(9-15,8-10-5-6-10)16-12-4-2-3-11(14)7-12/h2-4,7,10,16H,5-6,8-9,15H2,1H3. The fraction of sp³-hybridized carbons (Fsp3) is 0.538. The van der Waals surface area contributed by atoms with Crippen LogP contribution >= 0.6 is 0 Å². The van der Waals surface area contributed by atoms with Gasteiger partial charge in [0.25, 0.3) is 0 Å². The number of nitrogens with two attached hydrogens (primary N) is 1. The highest BCUT2D eigenvalue weighted by atomic mass is 19.1. The third-order valence-corrected chi connectivity index (χ3v) is 3.16. The van der Waals surface area contributed by atoms with Crippen LogP contribution in [0.1, 0.15) is 26.2 Å². The normalized spacial score (nSPS) is 19.2. The fourth-order valence-electron chi connectivity index (χ4n) is 2.06. The average molecular weight is 222 g/mol. The molecule has 2 nitrogen and oxygen atoms in total. The quantitative estimate of drug-likeness (QED) is 0.804. The summed E-state index contributed by atoms with van der Waals surface area (Å²) in [5.41, 5.74) is 6.51. The highest BCUT2D eigenvalue weighted by molar-refractivity contribution is 5.45. The lowest BCUT2D eigenvalue weighted by Gasteiger charge is -2.30. The molecule has 1 aliphatic carbocycles. The first-order valence-corrected chi connectivity index (χ1v) is 5.85. The van der Waals surface area contributed by atoms with Gasteiger partial charge in [-0.05, 0) is 37.5 Å². The third kappa shape index (κ3) is 2.95. The Bertz CT molecular complexity index is 363. The summed E-state index contributed by atoms with van der Waals surface area (Å²) in [6.45, 7) is 2.68. The van der Waals surface area contributed by atoms with Crippen LogP contribution in [0.4, 0.5) is 10.1 Å². The van der Waals surface area contributed by atoms with Crippen molar-refractivity contribution in [2.75, 3.05) is 11.9 Å². The van der Waals surface area contributed by atoms with E-state index in [-0.39, 0.29) is 11.4 Å². The van der Waals surface area contributed by atoms with E-state index in [9.17, 15) is 4.39 Å². The molecular weight excluding hydrogens is 203 g/mol. The molecule has 1 unspecified atom stereocenters. The first-order valence-electron chi connectivity index (χ1n) is 5.85. The minimum absolute atomic E-state index is 0.116. The van der Waals surface area contributed by atoms with Gasteiger partial charge in [0.05, 0.1) is 0 Å². The molecule has 88 valence electrons. The number of halogens is 1. The maximum absolute atomic E-state index is 13.0. The molecule has 1 fully saturated rings. The average Bonchev–Trinajstić information content (AvgIpc) is 3.01. The van der Waals surface area contributed by atoms with Crippen LogP contribution < -0.4 is 11.1 Å². The van der Waals surface area contributed by atoms with E-state index in [0.29, 0.717) is 6.54 Å². The summed E-state index contributed by atoms with van der Waals surface area (Å²) >= 11 is 0. The van der Waals surface area contributed by atoms with Gasteiger partial charge in [-0.25, -0.2) is 4.39 Å². The van der Waals surface area contributed by atoms with Gasteiger partial charge in [0.15, 0.2) is 0 Å². The smallest absolute Gasteiger partial charge is 0.125 e. The number of anilines is 1. The molecule has 0 bridgehead atoms. The monoisotopic (exact) mass is 222 g/mol. The molecule has 0 aromatic heterocycles. The topological polar surface area (TPSA) is 38.0 Å². The molecule has 1 aromatic carbocycles. The van der Waals surface area contributed by atoms with Crippen molar-refractivity contribution >= 4 is 5.69 Å². The highest BCUT2D eigenvalue weighted by Crippen LogP contribution is 2.37. The summed E-state index contributed by atoms with van der Waals surface area (Å²) in [5, 5.41) is 3.35. The molecule has 0 radical (unpaired) electrons. The van der Waals surface area contributed by atoms with Crippen molar-refractivity contribution in [2.24, 2.45) is 11.7 Å². The Labute approximate surface area is 96.0 Å². The molecule has 3 N–H and O–H groups in total. The van der Waals surface area contributed by atoms with E-state index in [2.05, 4.69) is 12.2 Å². The summed E-state index contributed by atoms with van der Waals surface area (Å²) < 4.78 is 13.0. The Hall–Kier alpha value is -1.09. The minimum atomic E-state index is -0.212. The van der Waals surface area contributed by atoms with Crippen molar-refractivity contribution in [3.8, 4) is 0 Å². The van der Waals surface area contributed by atoms with E-state index >= 15 is 0 Å². The van der Waals surface area contributed by atoms with Crippen molar-refractivity contribution < 1.29 is 4.39 Å². The number of hydrogen-bond acceptors (Lipinski definition) is 2. The van der Waals surface area contributed by atoms with E-state index in [4.69, 9.17) is 5.73 Å². The zero-order valence-corrected chi connectivity index (χ0v) is 9.67. The number of rotatable bonds is 5. The van der Waals surface area contributed by atoms with Crippen LogP contribution in [0, 0.1) is 11.7 Å². The first-order chi connectivity index (χ1) is 7.61. The zero-order chi connectivity index (χ0) is 11.6. The van der Waals surface area contributed by atoms with Crippen LogP contribution in [0.3, 0.4) is 0 Å². The van der Waals surface area contributed by atoms with Gasteiger partial charge in [0.1, 0.15) is 5.82 Å². The lowest BCUT2D eigenvalue weighted by atomic mass is 9.94. The maximum Gasteiger partial charge on any atom is 0.125 e. The molecule has 1 saturated carbocycles. The Morgan fingerprint density at radius 3 is 2.81 bits per heavy atom. The van der Waals surface area contributed by atoms with Gasteiger partial charge in [0, 0.05) is 17.8 Å². The van der Waals surface area contributed by atoms with Gasteiger partial charge in [0.2, 0.25) is 0 Å². The predicted octanol–water partition coefficient (Wildman–Crippen LogP) is 2.76. The summed E-state index contributed by atoms with van der Waals surface area (Å²) in [6, 6.07) is 6.56. The van der Waals surface area contributed by atoms with Crippen molar-refractivity contribution in [1.82, 2.24) is 0 Å². The summed E-state index contributed by atoms with van der Waals surface area (Å²) in [7, 11) is 0. The molecule has 1 aliphatic rings. The molecule has 1 aromatic rings. The second-order valence-corrected chi connectivity index (χ2v) is 5.05. The molecule has 0 aliphatic heterocycles. The van der Waals surface area contributed by atoms with Gasteiger partial charge in [-0.3, -0.25) is 0 Å². The molecule has 0 heterocycles. The van der Waals surface area contributed by atoms with Crippen LogP contribution in [0.2, 0.25) is 0 Å². The highest BCUT2D eigenvalue weighted by Gasteiger charge is 2.32. The van der Waals surface area contributed by atoms with Crippen molar-refractivity contribution in [3.05, 3.63) is 30.1 Å². The van der Waals surface area contributed by atoms with Crippen molar-refractivity contribution in [2.45, 2.75) is 31.7 Å². The second kappa shape index (κ2) is 4.42. The van der Waals surface area contributed by atoms with E-state index in [1.807, 2.05) is 6.07 Å². The Morgan fingerprint density at radius 2 is 2.25 bits per heavy atom. The predicted molar refractivity (Wildman–Crippen MR) is 64.8 cm³/mol.